The first-order valence-corrected chi connectivity index (χ1v) is 10.0. The predicted molar refractivity (Wildman–Crippen MR) is 122 cm³/mol. The van der Waals surface area contributed by atoms with Crippen molar-refractivity contribution in [2.75, 3.05) is 5.32 Å². The number of para-hydroxylation sites is 1. The third kappa shape index (κ3) is 4.33. The van der Waals surface area contributed by atoms with Gasteiger partial charge in [-0.2, -0.15) is 0 Å². The molecule has 0 unspecified atom stereocenters. The van der Waals surface area contributed by atoms with Gasteiger partial charge in [0.05, 0.1) is 22.9 Å². The zero-order valence-corrected chi connectivity index (χ0v) is 17.3. The van der Waals surface area contributed by atoms with Crippen molar-refractivity contribution in [3.05, 3.63) is 90.0 Å². The summed E-state index contributed by atoms with van der Waals surface area (Å²) in [6.45, 7) is 6.02. The van der Waals surface area contributed by atoms with Crippen LogP contribution in [0.1, 0.15) is 29.8 Å². The Labute approximate surface area is 176 Å². The first-order chi connectivity index (χ1) is 14.5. The van der Waals surface area contributed by atoms with Gasteiger partial charge in [-0.3, -0.25) is 4.79 Å². The second-order valence-electron chi connectivity index (χ2n) is 7.58. The molecule has 1 heterocycles. The lowest BCUT2D eigenvalue weighted by atomic mass is 10.0. The van der Waals surface area contributed by atoms with Crippen LogP contribution in [0.4, 0.5) is 5.69 Å². The van der Waals surface area contributed by atoms with E-state index in [0.717, 1.165) is 39.2 Å². The maximum Gasteiger partial charge on any atom is 0.256 e. The standard InChI is InChI=1S/C26H24N2O2/c1-17(2)30-21-14-10-19(11-15-21)25-16-23(22-6-4-5-7-24(22)28-25)26(29)27-20-12-8-18(3)9-13-20/h4-17H,1-3H3,(H,27,29). The van der Waals surface area contributed by atoms with Gasteiger partial charge in [-0.15, -0.1) is 0 Å². The summed E-state index contributed by atoms with van der Waals surface area (Å²) < 4.78 is 5.73. The molecule has 0 spiro atoms. The Balaban J connectivity index is 1.72. The van der Waals surface area contributed by atoms with E-state index in [0.29, 0.717) is 5.56 Å². The van der Waals surface area contributed by atoms with Gasteiger partial charge < -0.3 is 10.1 Å². The number of hydrogen-bond donors (Lipinski definition) is 1. The van der Waals surface area contributed by atoms with Crippen LogP contribution in [0.3, 0.4) is 0 Å². The minimum Gasteiger partial charge on any atom is -0.491 e. The lowest BCUT2D eigenvalue weighted by molar-refractivity contribution is 0.102. The number of pyridine rings is 1. The van der Waals surface area contributed by atoms with Gasteiger partial charge in [0.2, 0.25) is 0 Å². The number of aromatic nitrogens is 1. The number of nitrogens with one attached hydrogen (secondary N) is 1. The number of amides is 1. The van der Waals surface area contributed by atoms with Gasteiger partial charge in [0.25, 0.3) is 5.91 Å². The van der Waals surface area contributed by atoms with E-state index in [1.54, 1.807) is 0 Å². The highest BCUT2D eigenvalue weighted by Crippen LogP contribution is 2.27. The second-order valence-corrected chi connectivity index (χ2v) is 7.58. The van der Waals surface area contributed by atoms with Gasteiger partial charge in [0, 0.05) is 16.6 Å². The van der Waals surface area contributed by atoms with Crippen LogP contribution < -0.4 is 10.1 Å². The van der Waals surface area contributed by atoms with E-state index in [-0.39, 0.29) is 12.0 Å². The highest BCUT2D eigenvalue weighted by Gasteiger charge is 2.14. The fraction of sp³-hybridized carbons (Fsp3) is 0.154. The summed E-state index contributed by atoms with van der Waals surface area (Å²) in [4.78, 5) is 17.9. The Kier molecular flexibility index (Phi) is 5.48. The first-order valence-electron chi connectivity index (χ1n) is 10.0. The summed E-state index contributed by atoms with van der Waals surface area (Å²) in [5.74, 6) is 0.658. The summed E-state index contributed by atoms with van der Waals surface area (Å²) >= 11 is 0. The monoisotopic (exact) mass is 396 g/mol. The van der Waals surface area contributed by atoms with Crippen molar-refractivity contribution in [3.8, 4) is 17.0 Å². The number of carbonyl (C=O) groups is 1. The number of carbonyl (C=O) groups excluding carboxylic acids is 1. The summed E-state index contributed by atoms with van der Waals surface area (Å²) in [7, 11) is 0. The Bertz CT molecular complexity index is 1180. The largest absolute Gasteiger partial charge is 0.491 e. The van der Waals surface area contributed by atoms with Crippen LogP contribution in [-0.4, -0.2) is 17.0 Å². The summed E-state index contributed by atoms with van der Waals surface area (Å²) in [5.41, 5.74) is 4.98. The SMILES string of the molecule is Cc1ccc(NC(=O)c2cc(-c3ccc(OC(C)C)cc3)nc3ccccc23)cc1. The summed E-state index contributed by atoms with van der Waals surface area (Å²) in [5, 5.41) is 3.82. The van der Waals surface area contributed by atoms with Crippen LogP contribution in [-0.2, 0) is 0 Å². The highest BCUT2D eigenvalue weighted by molar-refractivity contribution is 6.13. The third-order valence-electron chi connectivity index (χ3n) is 4.79. The van der Waals surface area contributed by atoms with Crippen LogP contribution in [0.2, 0.25) is 0 Å². The van der Waals surface area contributed by atoms with Gasteiger partial charge in [0.1, 0.15) is 5.75 Å². The maximum absolute atomic E-state index is 13.1. The minimum atomic E-state index is -0.154. The van der Waals surface area contributed by atoms with Crippen LogP contribution in [0, 0.1) is 6.92 Å². The number of rotatable bonds is 5. The van der Waals surface area contributed by atoms with Crippen molar-refractivity contribution < 1.29 is 9.53 Å². The van der Waals surface area contributed by atoms with Gasteiger partial charge in [-0.1, -0.05) is 35.9 Å². The molecule has 4 nitrogen and oxygen atoms in total. The topological polar surface area (TPSA) is 51.2 Å². The molecule has 0 saturated carbocycles. The molecule has 4 heteroatoms. The zero-order chi connectivity index (χ0) is 21.1. The molecule has 0 aliphatic carbocycles. The molecule has 4 aromatic rings. The smallest absolute Gasteiger partial charge is 0.256 e. The molecule has 150 valence electrons. The van der Waals surface area contributed by atoms with Crippen LogP contribution >= 0.6 is 0 Å². The third-order valence-corrected chi connectivity index (χ3v) is 4.79. The molecular formula is C26H24N2O2. The Morgan fingerprint density at radius 1 is 0.933 bits per heavy atom. The Hall–Kier alpha value is -3.66. The molecule has 0 radical (unpaired) electrons. The number of fused-ring (bicyclic) bond motifs is 1. The van der Waals surface area contributed by atoms with Crippen molar-refractivity contribution in [1.82, 2.24) is 4.98 Å². The molecule has 30 heavy (non-hydrogen) atoms. The summed E-state index contributed by atoms with van der Waals surface area (Å²) in [6.07, 6.45) is 0.117. The van der Waals surface area contributed by atoms with E-state index in [2.05, 4.69) is 5.32 Å². The molecule has 4 rings (SSSR count). The molecule has 0 aliphatic rings. The van der Waals surface area contributed by atoms with Crippen LogP contribution in [0.15, 0.2) is 78.9 Å². The average Bonchev–Trinajstić information content (AvgIpc) is 2.74. The second kappa shape index (κ2) is 8.37. The van der Waals surface area contributed by atoms with Gasteiger partial charge >= 0.3 is 0 Å². The van der Waals surface area contributed by atoms with Crippen LogP contribution in [0.5, 0.6) is 5.75 Å². The number of nitrogens with zero attached hydrogens (tertiary/aromatic N) is 1. The number of anilines is 1. The van der Waals surface area contributed by atoms with Crippen molar-refractivity contribution in [2.45, 2.75) is 26.9 Å². The highest BCUT2D eigenvalue weighted by atomic mass is 16.5. The van der Waals surface area contributed by atoms with E-state index in [1.165, 1.54) is 0 Å². The van der Waals surface area contributed by atoms with E-state index in [1.807, 2.05) is 99.6 Å². The van der Waals surface area contributed by atoms with E-state index in [9.17, 15) is 4.79 Å². The van der Waals surface area contributed by atoms with Gasteiger partial charge in [-0.25, -0.2) is 4.98 Å². The predicted octanol–water partition coefficient (Wildman–Crippen LogP) is 6.25. The Morgan fingerprint density at radius 2 is 1.63 bits per heavy atom. The maximum atomic E-state index is 13.1. The zero-order valence-electron chi connectivity index (χ0n) is 17.3. The van der Waals surface area contributed by atoms with Gasteiger partial charge in [-0.05, 0) is 69.3 Å². The molecule has 1 N–H and O–H groups in total. The number of benzene rings is 3. The molecule has 1 amide bonds. The normalized spacial score (nSPS) is 10.9. The Morgan fingerprint density at radius 3 is 2.33 bits per heavy atom. The molecule has 0 saturated heterocycles. The van der Waals surface area contributed by atoms with E-state index >= 15 is 0 Å². The summed E-state index contributed by atoms with van der Waals surface area (Å²) in [6, 6.07) is 25.1. The number of ether oxygens (including phenoxy) is 1. The lowest BCUT2D eigenvalue weighted by Gasteiger charge is -2.12. The van der Waals surface area contributed by atoms with E-state index in [4.69, 9.17) is 9.72 Å². The molecule has 0 bridgehead atoms. The fourth-order valence-electron chi connectivity index (χ4n) is 3.32. The molecule has 0 aliphatic heterocycles. The fourth-order valence-corrected chi connectivity index (χ4v) is 3.32. The molecule has 1 aromatic heterocycles. The number of hydrogen-bond acceptors (Lipinski definition) is 3. The molecule has 0 fully saturated rings. The van der Waals surface area contributed by atoms with E-state index < -0.39 is 0 Å². The first kappa shape index (κ1) is 19.6. The van der Waals surface area contributed by atoms with Crippen LogP contribution in [0.25, 0.3) is 22.2 Å². The van der Waals surface area contributed by atoms with Crippen molar-refractivity contribution in [2.24, 2.45) is 0 Å². The van der Waals surface area contributed by atoms with Crippen molar-refractivity contribution in [1.29, 1.82) is 0 Å². The van der Waals surface area contributed by atoms with Crippen molar-refractivity contribution >= 4 is 22.5 Å². The van der Waals surface area contributed by atoms with Gasteiger partial charge in [0.15, 0.2) is 0 Å². The molecule has 0 atom stereocenters. The minimum absolute atomic E-state index is 0.117. The molecular weight excluding hydrogens is 372 g/mol. The molecule has 3 aromatic carbocycles. The average molecular weight is 396 g/mol. The quantitative estimate of drug-likeness (QED) is 0.434. The van der Waals surface area contributed by atoms with Crippen molar-refractivity contribution in [3.63, 3.8) is 0 Å². The number of aryl methyl sites for hydroxylation is 1. The lowest BCUT2D eigenvalue weighted by Crippen LogP contribution is -2.13.